The molecule has 0 fully saturated rings. The van der Waals surface area contributed by atoms with Gasteiger partial charge in [-0.2, -0.15) is 0 Å². The van der Waals surface area contributed by atoms with Gasteiger partial charge in [-0.25, -0.2) is 14.0 Å². The van der Waals surface area contributed by atoms with Crippen molar-refractivity contribution in [1.82, 2.24) is 10.2 Å². The third-order valence-electron chi connectivity index (χ3n) is 3.95. The number of ether oxygens (including phenoxy) is 1. The average Bonchev–Trinajstić information content (AvgIpc) is 2.56. The first-order valence-corrected chi connectivity index (χ1v) is 7.67. The van der Waals surface area contributed by atoms with Gasteiger partial charge in [-0.15, -0.1) is 0 Å². The smallest absolute Gasteiger partial charge is 0.337 e. The number of nitrogens with one attached hydrogen (secondary N) is 1. The van der Waals surface area contributed by atoms with Crippen LogP contribution in [0, 0.1) is 5.82 Å². The molecule has 0 saturated carbocycles. The molecular weight excluding hydrogens is 331 g/mol. The molecule has 0 unspecified atom stereocenters. The van der Waals surface area contributed by atoms with Crippen LogP contribution in [0.1, 0.15) is 31.4 Å². The Morgan fingerprint density at radius 3 is 2.72 bits per heavy atom. The molecule has 1 aliphatic heterocycles. The standard InChI is InChI=1S/C17H19FN2O5/c1-10-14(16(23)25-2)15(11-5-3-6-12(18)9-11)19-17(24)20(10)8-4-7-13(21)22/h3,5-6,9,15H,4,7-8H2,1-2H3,(H,19,24)(H,21,22)/p-1/t15-/m0/s1. The van der Waals surface area contributed by atoms with Crippen LogP contribution in [0.5, 0.6) is 0 Å². The monoisotopic (exact) mass is 349 g/mol. The third kappa shape index (κ3) is 4.14. The number of halogens is 1. The number of benzene rings is 1. The van der Waals surface area contributed by atoms with Crippen molar-refractivity contribution in [2.45, 2.75) is 25.8 Å². The molecule has 1 heterocycles. The van der Waals surface area contributed by atoms with Crippen molar-refractivity contribution >= 4 is 18.0 Å². The van der Waals surface area contributed by atoms with E-state index in [2.05, 4.69) is 5.32 Å². The number of aliphatic carboxylic acids is 1. The summed E-state index contributed by atoms with van der Waals surface area (Å²) in [5.74, 6) is -2.37. The molecule has 2 rings (SSSR count). The fourth-order valence-electron chi connectivity index (χ4n) is 2.74. The fourth-order valence-corrected chi connectivity index (χ4v) is 2.74. The highest BCUT2D eigenvalue weighted by Gasteiger charge is 2.36. The Hall–Kier alpha value is -2.90. The number of carboxylic acid groups (broad SMARTS) is 1. The molecule has 1 aromatic rings. The summed E-state index contributed by atoms with van der Waals surface area (Å²) in [6.07, 6.45) is -0.0376. The number of nitrogens with zero attached hydrogens (tertiary/aromatic N) is 1. The predicted molar refractivity (Wildman–Crippen MR) is 83.3 cm³/mol. The van der Waals surface area contributed by atoms with Crippen LogP contribution < -0.4 is 10.4 Å². The van der Waals surface area contributed by atoms with E-state index in [9.17, 15) is 23.9 Å². The molecule has 25 heavy (non-hydrogen) atoms. The van der Waals surface area contributed by atoms with Gasteiger partial charge >= 0.3 is 12.0 Å². The number of hydrogen-bond donors (Lipinski definition) is 1. The van der Waals surface area contributed by atoms with Gasteiger partial charge in [-0.05, 0) is 37.5 Å². The lowest BCUT2D eigenvalue weighted by Crippen LogP contribution is -2.48. The zero-order valence-electron chi connectivity index (χ0n) is 13.9. The molecule has 0 radical (unpaired) electrons. The van der Waals surface area contributed by atoms with Gasteiger partial charge in [0, 0.05) is 18.2 Å². The van der Waals surface area contributed by atoms with Crippen molar-refractivity contribution in [3.63, 3.8) is 0 Å². The zero-order valence-corrected chi connectivity index (χ0v) is 13.9. The van der Waals surface area contributed by atoms with Gasteiger partial charge in [0.2, 0.25) is 0 Å². The van der Waals surface area contributed by atoms with Crippen LogP contribution in [0.2, 0.25) is 0 Å². The number of methoxy groups -OCH3 is 1. The lowest BCUT2D eigenvalue weighted by molar-refractivity contribution is -0.305. The minimum atomic E-state index is -1.22. The van der Waals surface area contributed by atoms with Gasteiger partial charge in [0.05, 0.1) is 18.7 Å². The van der Waals surface area contributed by atoms with Gasteiger partial charge in [0.15, 0.2) is 0 Å². The Labute approximate surface area is 144 Å². The molecule has 8 heteroatoms. The predicted octanol–water partition coefficient (Wildman–Crippen LogP) is 0.869. The fraction of sp³-hybridized carbons (Fsp3) is 0.353. The van der Waals surface area contributed by atoms with Crippen molar-refractivity contribution < 1.29 is 28.6 Å². The topological polar surface area (TPSA) is 98.8 Å². The van der Waals surface area contributed by atoms with Crippen LogP contribution >= 0.6 is 0 Å². The van der Waals surface area contributed by atoms with E-state index >= 15 is 0 Å². The van der Waals surface area contributed by atoms with E-state index in [1.165, 1.54) is 30.2 Å². The number of carbonyl (C=O) groups excluding carboxylic acids is 3. The number of hydrogen-bond acceptors (Lipinski definition) is 5. The van der Waals surface area contributed by atoms with E-state index in [4.69, 9.17) is 4.74 Å². The van der Waals surface area contributed by atoms with Crippen LogP contribution in [-0.2, 0) is 14.3 Å². The van der Waals surface area contributed by atoms with Crippen LogP contribution in [0.15, 0.2) is 35.5 Å². The summed E-state index contributed by atoms with van der Waals surface area (Å²) in [5, 5.41) is 13.2. The summed E-state index contributed by atoms with van der Waals surface area (Å²) in [6, 6.07) is 4.20. The van der Waals surface area contributed by atoms with E-state index in [0.29, 0.717) is 11.3 Å². The average molecular weight is 349 g/mol. The molecule has 0 bridgehead atoms. The minimum absolute atomic E-state index is 0.0992. The maximum absolute atomic E-state index is 13.5. The van der Waals surface area contributed by atoms with Gasteiger partial charge in [-0.3, -0.25) is 4.90 Å². The number of urea groups is 1. The number of carboxylic acids is 1. The van der Waals surface area contributed by atoms with Crippen LogP contribution in [0.3, 0.4) is 0 Å². The number of allylic oxidation sites excluding steroid dienone is 1. The lowest BCUT2D eigenvalue weighted by Gasteiger charge is -2.35. The van der Waals surface area contributed by atoms with Crippen LogP contribution in [0.4, 0.5) is 9.18 Å². The molecule has 1 aliphatic rings. The molecule has 1 N–H and O–H groups in total. The summed E-state index contributed by atoms with van der Waals surface area (Å²) < 4.78 is 18.3. The molecule has 0 saturated heterocycles. The molecule has 134 valence electrons. The van der Waals surface area contributed by atoms with Crippen molar-refractivity contribution in [2.75, 3.05) is 13.7 Å². The highest BCUT2D eigenvalue weighted by molar-refractivity contribution is 5.95. The molecule has 7 nitrogen and oxygen atoms in total. The van der Waals surface area contributed by atoms with Crippen molar-refractivity contribution in [3.05, 3.63) is 46.9 Å². The first kappa shape index (κ1) is 18.4. The lowest BCUT2D eigenvalue weighted by atomic mass is 9.94. The Kier molecular flexibility index (Phi) is 5.74. The second-order valence-electron chi connectivity index (χ2n) is 5.56. The largest absolute Gasteiger partial charge is 0.550 e. The van der Waals surface area contributed by atoms with E-state index < -0.39 is 29.8 Å². The minimum Gasteiger partial charge on any atom is -0.550 e. The Bertz CT molecular complexity index is 732. The van der Waals surface area contributed by atoms with Gasteiger partial charge in [-0.1, -0.05) is 12.1 Å². The Morgan fingerprint density at radius 2 is 2.12 bits per heavy atom. The highest BCUT2D eigenvalue weighted by atomic mass is 19.1. The normalized spacial score (nSPS) is 17.3. The molecule has 0 aliphatic carbocycles. The van der Waals surface area contributed by atoms with Crippen molar-refractivity contribution in [3.8, 4) is 0 Å². The Morgan fingerprint density at radius 1 is 1.40 bits per heavy atom. The summed E-state index contributed by atoms with van der Waals surface area (Å²) in [7, 11) is 1.21. The second-order valence-corrected chi connectivity index (χ2v) is 5.56. The quantitative estimate of drug-likeness (QED) is 0.769. The molecule has 0 aromatic heterocycles. The van der Waals surface area contributed by atoms with Crippen molar-refractivity contribution in [1.29, 1.82) is 0 Å². The number of esters is 1. The second kappa shape index (κ2) is 7.78. The maximum Gasteiger partial charge on any atom is 0.337 e. The van der Waals surface area contributed by atoms with E-state index in [-0.39, 0.29) is 25.0 Å². The van der Waals surface area contributed by atoms with Gasteiger partial charge < -0.3 is 20.0 Å². The zero-order chi connectivity index (χ0) is 18.6. The first-order chi connectivity index (χ1) is 11.8. The molecule has 2 amide bonds. The molecule has 0 spiro atoms. The van der Waals surface area contributed by atoms with E-state index in [1.807, 2.05) is 0 Å². The number of carbonyl (C=O) groups is 3. The van der Waals surface area contributed by atoms with Crippen LogP contribution in [-0.4, -0.2) is 36.5 Å². The number of rotatable bonds is 6. The molecule has 1 atom stereocenters. The third-order valence-corrected chi connectivity index (χ3v) is 3.95. The van der Waals surface area contributed by atoms with Gasteiger partial charge in [0.1, 0.15) is 5.82 Å². The Balaban J connectivity index is 2.39. The van der Waals surface area contributed by atoms with E-state index in [1.54, 1.807) is 13.0 Å². The summed E-state index contributed by atoms with van der Waals surface area (Å²) in [6.45, 7) is 1.66. The molecular formula is C17H18FN2O5-. The maximum atomic E-state index is 13.5. The van der Waals surface area contributed by atoms with Crippen molar-refractivity contribution in [2.24, 2.45) is 0 Å². The van der Waals surface area contributed by atoms with Crippen LogP contribution in [0.25, 0.3) is 0 Å². The molecule has 1 aromatic carbocycles. The van der Waals surface area contributed by atoms with Gasteiger partial charge in [0.25, 0.3) is 0 Å². The highest BCUT2D eigenvalue weighted by Crippen LogP contribution is 2.31. The van der Waals surface area contributed by atoms with E-state index in [0.717, 1.165) is 0 Å². The SMILES string of the molecule is COC(=O)C1=C(C)N(CCCC(=O)[O-])C(=O)N[C@H]1c1cccc(F)c1. The summed E-state index contributed by atoms with van der Waals surface area (Å²) >= 11 is 0. The summed E-state index contributed by atoms with van der Waals surface area (Å²) in [5.41, 5.74) is 0.909. The number of amides is 2. The summed E-state index contributed by atoms with van der Waals surface area (Å²) in [4.78, 5) is 36.4. The first-order valence-electron chi connectivity index (χ1n) is 7.67.